The molecular weight excluding hydrogens is 240 g/mol. The van der Waals surface area contributed by atoms with E-state index in [0.717, 1.165) is 5.92 Å². The summed E-state index contributed by atoms with van der Waals surface area (Å²) in [7, 11) is 0. The van der Waals surface area contributed by atoms with E-state index >= 15 is 0 Å². The van der Waals surface area contributed by atoms with E-state index in [-0.39, 0.29) is 0 Å². The first-order chi connectivity index (χ1) is 9.76. The van der Waals surface area contributed by atoms with Gasteiger partial charge in [0.1, 0.15) is 0 Å². The third kappa shape index (κ3) is 26.5. The molecule has 0 heteroatoms. The van der Waals surface area contributed by atoms with E-state index in [1.807, 2.05) is 13.8 Å². The van der Waals surface area contributed by atoms with Gasteiger partial charge in [-0.1, -0.05) is 126 Å². The topological polar surface area (TPSA) is 0 Å². The van der Waals surface area contributed by atoms with Crippen LogP contribution in [-0.2, 0) is 0 Å². The van der Waals surface area contributed by atoms with Gasteiger partial charge in [-0.25, -0.2) is 0 Å². The van der Waals surface area contributed by atoms with Crippen molar-refractivity contribution >= 4 is 0 Å². The minimum atomic E-state index is 1.09. The average Bonchev–Trinajstić information content (AvgIpc) is 2.56. The fourth-order valence-corrected chi connectivity index (χ4v) is 2.10. The van der Waals surface area contributed by atoms with Gasteiger partial charge in [0.25, 0.3) is 0 Å². The molecule has 0 nitrogen and oxygen atoms in total. The third-order valence-electron chi connectivity index (χ3n) is 3.76. The largest absolute Gasteiger partial charge is 0.0683 e. The van der Waals surface area contributed by atoms with Crippen molar-refractivity contribution in [3.63, 3.8) is 0 Å². The van der Waals surface area contributed by atoms with Crippen LogP contribution in [0.4, 0.5) is 0 Å². The van der Waals surface area contributed by atoms with Gasteiger partial charge in [0.15, 0.2) is 0 Å². The minimum Gasteiger partial charge on any atom is -0.0683 e. The average molecular weight is 287 g/mol. The van der Waals surface area contributed by atoms with Gasteiger partial charge in [0.05, 0.1) is 0 Å². The first-order valence-electron chi connectivity index (χ1n) is 9.76. The Balaban J connectivity index is -0.000000215. The van der Waals surface area contributed by atoms with Crippen LogP contribution in [0.2, 0.25) is 0 Å². The summed E-state index contributed by atoms with van der Waals surface area (Å²) < 4.78 is 0. The van der Waals surface area contributed by atoms with Crippen molar-refractivity contribution in [2.24, 2.45) is 5.92 Å². The van der Waals surface area contributed by atoms with Gasteiger partial charge in [0.2, 0.25) is 0 Å². The minimum absolute atomic E-state index is 1.09. The van der Waals surface area contributed by atoms with Gasteiger partial charge in [-0.3, -0.25) is 0 Å². The molecule has 0 radical (unpaired) electrons. The van der Waals surface area contributed by atoms with E-state index < -0.39 is 0 Å². The van der Waals surface area contributed by atoms with Gasteiger partial charge in [-0.15, -0.1) is 0 Å². The highest BCUT2D eigenvalue weighted by Crippen LogP contribution is 2.25. The van der Waals surface area contributed by atoms with Crippen molar-refractivity contribution in [2.75, 3.05) is 0 Å². The van der Waals surface area contributed by atoms with E-state index in [0.29, 0.717) is 0 Å². The highest BCUT2D eigenvalue weighted by atomic mass is 14.2. The third-order valence-corrected chi connectivity index (χ3v) is 3.76. The monoisotopic (exact) mass is 286 g/mol. The first kappa shape index (κ1) is 25.0. The molecule has 126 valence electrons. The van der Waals surface area contributed by atoms with Gasteiger partial charge >= 0.3 is 0 Å². The van der Waals surface area contributed by atoms with Crippen LogP contribution in [0.5, 0.6) is 0 Å². The Morgan fingerprint density at radius 1 is 0.600 bits per heavy atom. The highest BCUT2D eigenvalue weighted by molar-refractivity contribution is 4.63. The van der Waals surface area contributed by atoms with E-state index in [4.69, 9.17) is 0 Å². The van der Waals surface area contributed by atoms with Crippen LogP contribution in [0.1, 0.15) is 126 Å². The predicted molar refractivity (Wildman–Crippen MR) is 98.6 cm³/mol. The van der Waals surface area contributed by atoms with Crippen molar-refractivity contribution < 1.29 is 0 Å². The Bertz CT molecular complexity index is 105. The van der Waals surface area contributed by atoms with Crippen molar-refractivity contribution in [3.05, 3.63) is 0 Å². The molecule has 20 heavy (non-hydrogen) atoms. The van der Waals surface area contributed by atoms with Crippen molar-refractivity contribution in [3.8, 4) is 0 Å². The predicted octanol–water partition coefficient (Wildman–Crippen LogP) is 8.40. The molecule has 0 aromatic rings. The molecule has 0 atom stereocenters. The van der Waals surface area contributed by atoms with Crippen molar-refractivity contribution in [1.29, 1.82) is 0 Å². The maximum absolute atomic E-state index is 2.32. The molecule has 0 N–H and O–H groups in total. The number of hydrogen-bond donors (Lipinski definition) is 0. The highest BCUT2D eigenvalue weighted by Gasteiger charge is 2.09. The number of rotatable bonds is 5. The Labute approximate surface area is 132 Å². The van der Waals surface area contributed by atoms with Gasteiger partial charge < -0.3 is 0 Å². The molecule has 0 bridgehead atoms. The molecule has 1 fully saturated rings. The lowest BCUT2D eigenvalue weighted by Crippen LogP contribution is -2.03. The Morgan fingerprint density at radius 2 is 1.00 bits per heavy atom. The van der Waals surface area contributed by atoms with Gasteiger partial charge in [-0.05, 0) is 5.92 Å². The summed E-state index contributed by atoms with van der Waals surface area (Å²) in [5, 5.41) is 0. The van der Waals surface area contributed by atoms with Crippen molar-refractivity contribution in [2.45, 2.75) is 126 Å². The lowest BCUT2D eigenvalue weighted by molar-refractivity contribution is 0.349. The molecule has 1 saturated carbocycles. The molecular formula is C20H46. The maximum Gasteiger partial charge on any atom is -0.0417 e. The molecule has 0 aromatic heterocycles. The van der Waals surface area contributed by atoms with Crippen LogP contribution in [0.25, 0.3) is 0 Å². The first-order valence-corrected chi connectivity index (χ1v) is 9.76. The number of hydrogen-bond acceptors (Lipinski definition) is 0. The van der Waals surface area contributed by atoms with Gasteiger partial charge in [0, 0.05) is 0 Å². The molecule has 1 aliphatic carbocycles. The van der Waals surface area contributed by atoms with E-state index in [1.54, 1.807) is 0 Å². The Hall–Kier alpha value is 0. The molecule has 0 aromatic carbocycles. The maximum atomic E-state index is 2.32. The fourth-order valence-electron chi connectivity index (χ4n) is 2.10. The summed E-state index contributed by atoms with van der Waals surface area (Å²) in [5.41, 5.74) is 0. The Morgan fingerprint density at radius 3 is 1.20 bits per heavy atom. The summed E-state index contributed by atoms with van der Waals surface area (Å²) in [6, 6.07) is 0. The summed E-state index contributed by atoms with van der Waals surface area (Å²) in [4.78, 5) is 0. The Kier molecular flexibility index (Phi) is 34.2. The lowest BCUT2D eigenvalue weighted by atomic mass is 9.88. The zero-order chi connectivity index (χ0) is 16.1. The smallest absolute Gasteiger partial charge is 0.0417 e. The summed E-state index contributed by atoms with van der Waals surface area (Å²) in [6.07, 6.45) is 17.1. The van der Waals surface area contributed by atoms with Crippen LogP contribution < -0.4 is 0 Å². The van der Waals surface area contributed by atoms with Crippen molar-refractivity contribution in [1.82, 2.24) is 0 Å². The lowest BCUT2D eigenvalue weighted by Gasteiger charge is -2.18. The molecule has 0 spiro atoms. The quantitative estimate of drug-likeness (QED) is 0.445. The van der Waals surface area contributed by atoms with E-state index in [2.05, 4.69) is 34.6 Å². The van der Waals surface area contributed by atoms with Crippen LogP contribution in [0.15, 0.2) is 0 Å². The second-order valence-electron chi connectivity index (χ2n) is 5.62. The van der Waals surface area contributed by atoms with Gasteiger partial charge in [-0.2, -0.15) is 0 Å². The standard InChI is InChI=1S/C8H16.C6H14.C4H10.C2H6/c1-2-8-6-4-3-5-7-8;1-3-5-6-4-2;1-3-4-2;1-2/h8H,2-7H2,1H3;3-6H2,1-2H3;3-4H2,1-2H3;1-2H3. The summed E-state index contributed by atoms with van der Waals surface area (Å²) in [5.74, 6) is 1.09. The van der Waals surface area contributed by atoms with E-state index in [1.165, 1.54) is 77.0 Å². The summed E-state index contributed by atoms with van der Waals surface area (Å²) in [6.45, 7) is 15.1. The van der Waals surface area contributed by atoms with Crippen LogP contribution >= 0.6 is 0 Å². The zero-order valence-corrected chi connectivity index (χ0v) is 16.1. The fraction of sp³-hybridized carbons (Fsp3) is 1.00. The molecule has 0 unspecified atom stereocenters. The molecule has 0 aliphatic heterocycles. The van der Waals surface area contributed by atoms with Crippen LogP contribution in [0.3, 0.4) is 0 Å². The SMILES string of the molecule is CC.CCC1CCCCC1.CCCC.CCCCCC. The second-order valence-corrected chi connectivity index (χ2v) is 5.62. The molecule has 0 amide bonds. The van der Waals surface area contributed by atoms with Crippen LogP contribution in [-0.4, -0.2) is 0 Å². The van der Waals surface area contributed by atoms with Crippen LogP contribution in [0, 0.1) is 5.92 Å². The molecule has 0 saturated heterocycles. The molecule has 1 aliphatic rings. The molecule has 0 heterocycles. The number of unbranched alkanes of at least 4 members (excludes halogenated alkanes) is 4. The summed E-state index contributed by atoms with van der Waals surface area (Å²) >= 11 is 0. The molecule has 1 rings (SSSR count). The zero-order valence-electron chi connectivity index (χ0n) is 16.1. The normalized spacial score (nSPS) is 13.9. The second kappa shape index (κ2) is 27.4. The van der Waals surface area contributed by atoms with E-state index in [9.17, 15) is 0 Å².